The molecule has 2 aromatic carbocycles. The second kappa shape index (κ2) is 6.83. The van der Waals surface area contributed by atoms with Crippen molar-refractivity contribution in [3.63, 3.8) is 0 Å². The molecule has 5 heteroatoms. The fourth-order valence-corrected chi connectivity index (χ4v) is 2.42. The summed E-state index contributed by atoms with van der Waals surface area (Å²) in [5, 5.41) is 5.30. The molecule has 2 aromatic rings. The maximum Gasteiger partial charge on any atom is 0.258 e. The largest absolute Gasteiger partial charge is 0.326 e. The molecule has 0 aliphatic carbocycles. The smallest absolute Gasteiger partial charge is 0.258 e. The lowest BCUT2D eigenvalue weighted by molar-refractivity contribution is -0.114. The Morgan fingerprint density at radius 1 is 1.00 bits per heavy atom. The van der Waals surface area contributed by atoms with Crippen LogP contribution in [0.5, 0.6) is 0 Å². The van der Waals surface area contributed by atoms with Crippen molar-refractivity contribution in [1.29, 1.82) is 0 Å². The molecule has 0 heterocycles. The molecule has 4 nitrogen and oxygen atoms in total. The Morgan fingerprint density at radius 2 is 1.67 bits per heavy atom. The lowest BCUT2D eigenvalue weighted by Gasteiger charge is -2.23. The number of nitrogens with one attached hydrogen (secondary N) is 2. The van der Waals surface area contributed by atoms with Gasteiger partial charge in [-0.05, 0) is 35.2 Å². The van der Waals surface area contributed by atoms with Crippen LogP contribution in [-0.4, -0.2) is 11.8 Å². The van der Waals surface area contributed by atoms with Crippen LogP contribution < -0.4 is 10.6 Å². The molecule has 24 heavy (non-hydrogen) atoms. The maximum atomic E-state index is 14.0. The normalized spacial score (nSPS) is 11.0. The van der Waals surface area contributed by atoms with Gasteiger partial charge < -0.3 is 10.6 Å². The van der Waals surface area contributed by atoms with E-state index in [0.29, 0.717) is 11.4 Å². The number of carbonyl (C=O) groups excluding carboxylic acids is 2. The zero-order chi connectivity index (χ0) is 17.9. The highest BCUT2D eigenvalue weighted by Gasteiger charge is 2.20. The SMILES string of the molecule is CC(=O)Nc1ccc(F)c(C(=O)Nc2ccccc2C(C)(C)C)c1. The van der Waals surface area contributed by atoms with Gasteiger partial charge in [-0.15, -0.1) is 0 Å². The predicted molar refractivity (Wildman–Crippen MR) is 93.8 cm³/mol. The molecule has 0 aliphatic rings. The van der Waals surface area contributed by atoms with Crippen LogP contribution in [0.25, 0.3) is 0 Å². The summed E-state index contributed by atoms with van der Waals surface area (Å²) < 4.78 is 14.0. The van der Waals surface area contributed by atoms with Crippen LogP contribution in [0.15, 0.2) is 42.5 Å². The second-order valence-corrected chi connectivity index (χ2v) is 6.63. The van der Waals surface area contributed by atoms with Crippen LogP contribution in [0.2, 0.25) is 0 Å². The van der Waals surface area contributed by atoms with E-state index in [1.165, 1.54) is 19.1 Å². The zero-order valence-corrected chi connectivity index (χ0v) is 14.2. The van der Waals surface area contributed by atoms with Gasteiger partial charge >= 0.3 is 0 Å². The topological polar surface area (TPSA) is 58.2 Å². The molecular weight excluding hydrogens is 307 g/mol. The van der Waals surface area contributed by atoms with E-state index in [-0.39, 0.29) is 16.9 Å². The van der Waals surface area contributed by atoms with Crippen molar-refractivity contribution in [3.8, 4) is 0 Å². The highest BCUT2D eigenvalue weighted by atomic mass is 19.1. The molecule has 2 rings (SSSR count). The fraction of sp³-hybridized carbons (Fsp3) is 0.263. The quantitative estimate of drug-likeness (QED) is 0.881. The molecule has 0 radical (unpaired) electrons. The molecule has 2 N–H and O–H groups in total. The van der Waals surface area contributed by atoms with Crippen molar-refractivity contribution in [3.05, 3.63) is 59.4 Å². The van der Waals surface area contributed by atoms with Crippen LogP contribution in [0, 0.1) is 5.82 Å². The van der Waals surface area contributed by atoms with Gasteiger partial charge in [0.25, 0.3) is 5.91 Å². The van der Waals surface area contributed by atoms with E-state index < -0.39 is 11.7 Å². The molecular formula is C19H21FN2O2. The average Bonchev–Trinajstić information content (AvgIpc) is 2.48. The summed E-state index contributed by atoms with van der Waals surface area (Å²) in [7, 11) is 0. The average molecular weight is 328 g/mol. The summed E-state index contributed by atoms with van der Waals surface area (Å²) >= 11 is 0. The van der Waals surface area contributed by atoms with Crippen LogP contribution in [0.3, 0.4) is 0 Å². The predicted octanol–water partition coefficient (Wildman–Crippen LogP) is 4.33. The van der Waals surface area contributed by atoms with E-state index in [1.807, 2.05) is 39.0 Å². The molecule has 2 amide bonds. The number of rotatable bonds is 3. The van der Waals surface area contributed by atoms with E-state index in [9.17, 15) is 14.0 Å². The van der Waals surface area contributed by atoms with E-state index in [0.717, 1.165) is 11.6 Å². The third-order valence-electron chi connectivity index (χ3n) is 3.51. The van der Waals surface area contributed by atoms with Crippen molar-refractivity contribution in [2.45, 2.75) is 33.1 Å². The van der Waals surface area contributed by atoms with Crippen LogP contribution in [0.4, 0.5) is 15.8 Å². The third-order valence-corrected chi connectivity index (χ3v) is 3.51. The lowest BCUT2D eigenvalue weighted by Crippen LogP contribution is -2.19. The first-order valence-electron chi connectivity index (χ1n) is 7.66. The minimum atomic E-state index is -0.644. The molecule has 0 aromatic heterocycles. The molecule has 0 spiro atoms. The zero-order valence-electron chi connectivity index (χ0n) is 14.2. The van der Waals surface area contributed by atoms with Gasteiger partial charge in [-0.2, -0.15) is 0 Å². The monoisotopic (exact) mass is 328 g/mol. The molecule has 0 atom stereocenters. The Balaban J connectivity index is 2.33. The van der Waals surface area contributed by atoms with Crippen LogP contribution in [0.1, 0.15) is 43.6 Å². The van der Waals surface area contributed by atoms with Gasteiger partial charge in [-0.1, -0.05) is 39.0 Å². The Bertz CT molecular complexity index is 779. The van der Waals surface area contributed by atoms with E-state index in [1.54, 1.807) is 6.07 Å². The second-order valence-electron chi connectivity index (χ2n) is 6.63. The van der Waals surface area contributed by atoms with Crippen molar-refractivity contribution >= 4 is 23.2 Å². The molecule has 0 fully saturated rings. The van der Waals surface area contributed by atoms with Gasteiger partial charge in [0.1, 0.15) is 5.82 Å². The van der Waals surface area contributed by atoms with Gasteiger partial charge in [0.05, 0.1) is 5.56 Å². The summed E-state index contributed by atoms with van der Waals surface area (Å²) in [4.78, 5) is 23.6. The third kappa shape index (κ3) is 4.19. The van der Waals surface area contributed by atoms with E-state index in [2.05, 4.69) is 10.6 Å². The van der Waals surface area contributed by atoms with Crippen molar-refractivity contribution < 1.29 is 14.0 Å². The van der Waals surface area contributed by atoms with Crippen LogP contribution in [-0.2, 0) is 10.2 Å². The summed E-state index contributed by atoms with van der Waals surface area (Å²) in [5.74, 6) is -1.49. The number of hydrogen-bond acceptors (Lipinski definition) is 2. The first kappa shape index (κ1) is 17.7. The molecule has 0 aliphatic heterocycles. The van der Waals surface area contributed by atoms with Crippen molar-refractivity contribution in [1.82, 2.24) is 0 Å². The number of hydrogen-bond donors (Lipinski definition) is 2. The first-order chi connectivity index (χ1) is 11.2. The van der Waals surface area contributed by atoms with Gasteiger partial charge in [0.2, 0.25) is 5.91 Å². The Morgan fingerprint density at radius 3 is 2.29 bits per heavy atom. The van der Waals surface area contributed by atoms with Crippen molar-refractivity contribution in [2.75, 3.05) is 10.6 Å². The maximum absolute atomic E-state index is 14.0. The number of anilines is 2. The summed E-state index contributed by atoms with van der Waals surface area (Å²) in [5.41, 5.74) is 1.68. The number of para-hydroxylation sites is 1. The Labute approximate surface area is 141 Å². The molecule has 0 bridgehead atoms. The van der Waals surface area contributed by atoms with Gasteiger partial charge in [0.15, 0.2) is 0 Å². The Kier molecular flexibility index (Phi) is 5.02. The van der Waals surface area contributed by atoms with Crippen molar-refractivity contribution in [2.24, 2.45) is 0 Å². The standard InChI is InChI=1S/C19H21FN2O2/c1-12(23)21-13-9-10-16(20)14(11-13)18(24)22-17-8-6-5-7-15(17)19(2,3)4/h5-11H,1-4H3,(H,21,23)(H,22,24). The minimum absolute atomic E-state index is 0.120. The molecule has 126 valence electrons. The Hall–Kier alpha value is -2.69. The summed E-state index contributed by atoms with van der Waals surface area (Å²) in [6.45, 7) is 7.46. The number of amides is 2. The molecule has 0 saturated heterocycles. The fourth-order valence-electron chi connectivity index (χ4n) is 2.42. The minimum Gasteiger partial charge on any atom is -0.326 e. The first-order valence-corrected chi connectivity index (χ1v) is 7.66. The van der Waals surface area contributed by atoms with Crippen LogP contribution >= 0.6 is 0 Å². The van der Waals surface area contributed by atoms with Gasteiger partial charge in [-0.25, -0.2) is 4.39 Å². The van der Waals surface area contributed by atoms with Gasteiger partial charge in [-0.3, -0.25) is 9.59 Å². The highest BCUT2D eigenvalue weighted by Crippen LogP contribution is 2.29. The highest BCUT2D eigenvalue weighted by molar-refractivity contribution is 6.06. The van der Waals surface area contributed by atoms with E-state index >= 15 is 0 Å². The molecule has 0 saturated carbocycles. The lowest BCUT2D eigenvalue weighted by atomic mass is 9.86. The van der Waals surface area contributed by atoms with Gasteiger partial charge in [0, 0.05) is 18.3 Å². The number of benzene rings is 2. The van der Waals surface area contributed by atoms with E-state index in [4.69, 9.17) is 0 Å². The number of halogens is 1. The summed E-state index contributed by atoms with van der Waals surface area (Å²) in [6.07, 6.45) is 0. The summed E-state index contributed by atoms with van der Waals surface area (Å²) in [6, 6.07) is 11.3. The number of carbonyl (C=O) groups is 2. The molecule has 0 unspecified atom stereocenters.